The summed E-state index contributed by atoms with van der Waals surface area (Å²) in [5.74, 6) is 0. The van der Waals surface area contributed by atoms with Crippen LogP contribution in [0.3, 0.4) is 0 Å². The molecule has 0 aliphatic rings. The zero-order valence-electron chi connectivity index (χ0n) is 5.65. The molecule has 0 amide bonds. The molecule has 1 aromatic rings. The van der Waals surface area contributed by atoms with Crippen molar-refractivity contribution >= 4 is 28.7 Å². The number of thiophene rings is 1. The van der Waals surface area contributed by atoms with Gasteiger partial charge in [0.15, 0.2) is 0 Å². The highest BCUT2D eigenvalue weighted by Gasteiger charge is 1.93. The van der Waals surface area contributed by atoms with Crippen LogP contribution in [0.4, 0.5) is 5.00 Å². The molecule has 0 unspecified atom stereocenters. The summed E-state index contributed by atoms with van der Waals surface area (Å²) in [6, 6.07) is 1.75. The minimum absolute atomic E-state index is 0.649. The fraction of sp³-hybridized carbons (Fsp3) is 0. The molecule has 2 nitrogen and oxygen atoms in total. The molecule has 11 heavy (non-hydrogen) atoms. The highest BCUT2D eigenvalue weighted by Crippen LogP contribution is 2.23. The third-order valence-corrected chi connectivity index (χ3v) is 1.92. The monoisotopic (exact) mass is 163 g/mol. The molecule has 0 N–H and O–H groups in total. The largest absolute Gasteiger partial charge is 0.299 e. The molecule has 0 radical (unpaired) electrons. The quantitative estimate of drug-likeness (QED) is 0.373. The molecule has 54 valence electrons. The molecule has 0 saturated heterocycles. The molecule has 0 aromatic carbocycles. The van der Waals surface area contributed by atoms with Crippen molar-refractivity contribution in [3.8, 4) is 0 Å². The van der Waals surface area contributed by atoms with Gasteiger partial charge in [0, 0.05) is 0 Å². The number of allylic oxidation sites excluding steroid dienone is 1. The number of carbonyl (C=O) groups is 1. The van der Waals surface area contributed by atoms with Gasteiger partial charge in [-0.15, -0.1) is 0 Å². The van der Waals surface area contributed by atoms with E-state index < -0.39 is 0 Å². The van der Waals surface area contributed by atoms with Gasteiger partial charge in [-0.3, -0.25) is 4.79 Å². The molecule has 1 heterocycles. The molecule has 0 bridgehead atoms. The molecule has 1 rings (SSSR count). The summed E-state index contributed by atoms with van der Waals surface area (Å²) < 4.78 is 0. The Hall–Kier alpha value is -1.40. The minimum atomic E-state index is 0.649. The van der Waals surface area contributed by atoms with Crippen molar-refractivity contribution < 1.29 is 4.79 Å². The van der Waals surface area contributed by atoms with Crippen molar-refractivity contribution in [2.75, 3.05) is 0 Å². The Balaban J connectivity index is 2.82. The van der Waals surface area contributed by atoms with Gasteiger partial charge in [-0.1, -0.05) is 6.08 Å². The SMILES string of the molecule is [C-]#[N+]c1cc(/C=C/C=O)cs1. The number of nitrogens with zero attached hydrogens (tertiary/aromatic N) is 1. The second kappa shape index (κ2) is 3.69. The summed E-state index contributed by atoms with van der Waals surface area (Å²) in [6.45, 7) is 6.68. The number of aldehydes is 1. The highest BCUT2D eigenvalue weighted by atomic mass is 32.1. The number of rotatable bonds is 2. The first-order valence-corrected chi connectivity index (χ1v) is 3.82. The van der Waals surface area contributed by atoms with E-state index in [4.69, 9.17) is 6.57 Å². The molecular formula is C8H5NOS. The van der Waals surface area contributed by atoms with Gasteiger partial charge in [0.25, 0.3) is 0 Å². The van der Waals surface area contributed by atoms with E-state index in [0.29, 0.717) is 5.00 Å². The maximum absolute atomic E-state index is 9.91. The van der Waals surface area contributed by atoms with Crippen LogP contribution in [-0.4, -0.2) is 6.29 Å². The fourth-order valence-corrected chi connectivity index (χ4v) is 1.30. The van der Waals surface area contributed by atoms with Crippen LogP contribution in [0.25, 0.3) is 10.9 Å². The first-order chi connectivity index (χ1) is 5.36. The van der Waals surface area contributed by atoms with E-state index in [1.54, 1.807) is 12.1 Å². The fourth-order valence-electron chi connectivity index (χ4n) is 0.635. The predicted octanol–water partition coefficient (Wildman–Crippen LogP) is 2.51. The normalized spacial score (nSPS) is 9.73. The lowest BCUT2D eigenvalue weighted by Crippen LogP contribution is -1.60. The molecule has 0 atom stereocenters. The topological polar surface area (TPSA) is 21.4 Å². The summed E-state index contributed by atoms with van der Waals surface area (Å²) in [6.07, 6.45) is 3.81. The Morgan fingerprint density at radius 2 is 2.45 bits per heavy atom. The van der Waals surface area contributed by atoms with E-state index in [-0.39, 0.29) is 0 Å². The van der Waals surface area contributed by atoms with Gasteiger partial charge < -0.3 is 0 Å². The van der Waals surface area contributed by atoms with Crippen molar-refractivity contribution in [3.63, 3.8) is 0 Å². The maximum Gasteiger partial charge on any atom is 0.241 e. The smallest absolute Gasteiger partial charge is 0.241 e. The molecular weight excluding hydrogens is 158 g/mol. The van der Waals surface area contributed by atoms with E-state index in [2.05, 4.69) is 4.85 Å². The molecule has 0 aliphatic heterocycles. The highest BCUT2D eigenvalue weighted by molar-refractivity contribution is 7.14. The van der Waals surface area contributed by atoms with E-state index in [0.717, 1.165) is 11.8 Å². The van der Waals surface area contributed by atoms with Crippen molar-refractivity contribution in [2.45, 2.75) is 0 Å². The number of carbonyl (C=O) groups excluding carboxylic acids is 1. The second-order valence-corrected chi connectivity index (χ2v) is 2.71. The van der Waals surface area contributed by atoms with E-state index >= 15 is 0 Å². The summed E-state index contributed by atoms with van der Waals surface area (Å²) >= 11 is 1.38. The van der Waals surface area contributed by atoms with Crippen LogP contribution in [0.1, 0.15) is 5.56 Å². The third kappa shape index (κ3) is 2.03. The molecule has 0 fully saturated rings. The zero-order valence-corrected chi connectivity index (χ0v) is 6.47. The summed E-state index contributed by atoms with van der Waals surface area (Å²) in [5, 5.41) is 2.49. The van der Waals surface area contributed by atoms with Gasteiger partial charge in [-0.05, 0) is 23.1 Å². The summed E-state index contributed by atoms with van der Waals surface area (Å²) in [5.41, 5.74) is 0.910. The van der Waals surface area contributed by atoms with E-state index in [9.17, 15) is 4.79 Å². The molecule has 0 saturated carbocycles. The van der Waals surface area contributed by atoms with Crippen LogP contribution >= 0.6 is 11.3 Å². The average Bonchev–Trinajstić information content (AvgIpc) is 2.48. The third-order valence-electron chi connectivity index (χ3n) is 1.08. The predicted molar refractivity (Wildman–Crippen MR) is 45.7 cm³/mol. The Morgan fingerprint density at radius 1 is 1.64 bits per heavy atom. The van der Waals surface area contributed by atoms with Crippen LogP contribution in [0.15, 0.2) is 17.5 Å². The van der Waals surface area contributed by atoms with Crippen molar-refractivity contribution in [1.29, 1.82) is 0 Å². The Morgan fingerprint density at radius 3 is 3.00 bits per heavy atom. The van der Waals surface area contributed by atoms with Crippen molar-refractivity contribution in [2.24, 2.45) is 0 Å². The Kier molecular flexibility index (Phi) is 2.59. The minimum Gasteiger partial charge on any atom is -0.299 e. The van der Waals surface area contributed by atoms with Gasteiger partial charge in [-0.25, -0.2) is 4.85 Å². The molecule has 0 aliphatic carbocycles. The van der Waals surface area contributed by atoms with Crippen LogP contribution in [0.2, 0.25) is 0 Å². The zero-order chi connectivity index (χ0) is 8.10. The average molecular weight is 163 g/mol. The Labute approximate surface area is 68.6 Å². The molecule has 3 heteroatoms. The first-order valence-electron chi connectivity index (χ1n) is 2.94. The van der Waals surface area contributed by atoms with Crippen LogP contribution in [-0.2, 0) is 4.79 Å². The van der Waals surface area contributed by atoms with Crippen LogP contribution in [0.5, 0.6) is 0 Å². The van der Waals surface area contributed by atoms with E-state index in [1.165, 1.54) is 17.4 Å². The summed E-state index contributed by atoms with van der Waals surface area (Å²) in [7, 11) is 0. The first kappa shape index (κ1) is 7.70. The van der Waals surface area contributed by atoms with Gasteiger partial charge in [0.1, 0.15) is 6.29 Å². The van der Waals surface area contributed by atoms with Gasteiger partial charge in [0.05, 0.1) is 6.57 Å². The lowest BCUT2D eigenvalue weighted by Gasteiger charge is -1.76. The molecule has 0 spiro atoms. The summed E-state index contributed by atoms with van der Waals surface area (Å²) in [4.78, 5) is 13.2. The molecule has 1 aromatic heterocycles. The lowest BCUT2D eigenvalue weighted by molar-refractivity contribution is -0.104. The Bertz CT molecular complexity index is 319. The van der Waals surface area contributed by atoms with Crippen LogP contribution < -0.4 is 0 Å². The van der Waals surface area contributed by atoms with E-state index in [1.807, 2.05) is 5.38 Å². The van der Waals surface area contributed by atoms with Crippen molar-refractivity contribution in [3.05, 3.63) is 34.5 Å². The van der Waals surface area contributed by atoms with Gasteiger partial charge in [0.2, 0.25) is 5.00 Å². The number of hydrogen-bond acceptors (Lipinski definition) is 2. The standard InChI is InChI=1S/C8H5NOS/c1-9-8-5-7(6-11-8)3-2-4-10/h2-6H/b3-2+. The van der Waals surface area contributed by atoms with Gasteiger partial charge >= 0.3 is 0 Å². The van der Waals surface area contributed by atoms with Crippen molar-refractivity contribution in [1.82, 2.24) is 0 Å². The maximum atomic E-state index is 9.91. The number of hydrogen-bond donors (Lipinski definition) is 0. The second-order valence-electron chi connectivity index (χ2n) is 1.83. The van der Waals surface area contributed by atoms with Crippen LogP contribution in [0, 0.1) is 6.57 Å². The van der Waals surface area contributed by atoms with Gasteiger partial charge in [-0.2, -0.15) is 11.3 Å². The lowest BCUT2D eigenvalue weighted by atomic mass is 10.3.